The highest BCUT2D eigenvalue weighted by Crippen LogP contribution is 2.21. The molecule has 0 fully saturated rings. The maximum Gasteiger partial charge on any atom is 0.422 e. The highest BCUT2D eigenvalue weighted by Gasteiger charge is 2.28. The van der Waals surface area contributed by atoms with Crippen LogP contribution in [0.5, 0.6) is 11.5 Å². The summed E-state index contributed by atoms with van der Waals surface area (Å²) in [5, 5.41) is 2.68. The van der Waals surface area contributed by atoms with Gasteiger partial charge in [-0.25, -0.2) is 4.98 Å². The molecule has 0 saturated heterocycles. The second kappa shape index (κ2) is 9.23. The predicted molar refractivity (Wildman–Crippen MR) is 117 cm³/mol. The van der Waals surface area contributed by atoms with Gasteiger partial charge in [-0.3, -0.25) is 4.79 Å². The fourth-order valence-corrected chi connectivity index (χ4v) is 3.14. The van der Waals surface area contributed by atoms with Crippen molar-refractivity contribution in [2.75, 3.05) is 11.9 Å². The Balaban J connectivity index is 1.31. The van der Waals surface area contributed by atoms with Crippen LogP contribution in [0.2, 0.25) is 0 Å². The number of benzene rings is 2. The van der Waals surface area contributed by atoms with Gasteiger partial charge < -0.3 is 19.2 Å². The van der Waals surface area contributed by atoms with Crippen LogP contribution in [0.15, 0.2) is 73.1 Å². The van der Waals surface area contributed by atoms with Gasteiger partial charge in [-0.05, 0) is 67.1 Å². The van der Waals surface area contributed by atoms with Crippen molar-refractivity contribution in [3.05, 3.63) is 89.9 Å². The number of aromatic nitrogens is 2. The minimum absolute atomic E-state index is 0.0626. The van der Waals surface area contributed by atoms with Gasteiger partial charge in [0, 0.05) is 23.6 Å². The molecule has 0 unspecified atom stereocenters. The lowest BCUT2D eigenvalue weighted by Gasteiger charge is -2.10. The van der Waals surface area contributed by atoms with Crippen LogP contribution in [-0.2, 0) is 6.61 Å². The van der Waals surface area contributed by atoms with Crippen molar-refractivity contribution in [1.82, 2.24) is 9.38 Å². The third-order valence-electron chi connectivity index (χ3n) is 4.75. The lowest BCUT2D eigenvalue weighted by molar-refractivity contribution is -0.153. The number of aryl methyl sites for hydroxylation is 1. The number of ether oxygens (including phenoxy) is 2. The largest absolute Gasteiger partial charge is 0.487 e. The van der Waals surface area contributed by atoms with Crippen LogP contribution in [0.3, 0.4) is 0 Å². The van der Waals surface area contributed by atoms with E-state index in [1.165, 1.54) is 24.3 Å². The smallest absolute Gasteiger partial charge is 0.422 e. The van der Waals surface area contributed by atoms with Crippen molar-refractivity contribution < 1.29 is 27.4 Å². The van der Waals surface area contributed by atoms with Crippen LogP contribution in [0.25, 0.3) is 5.65 Å². The first-order valence-electron chi connectivity index (χ1n) is 10.0. The van der Waals surface area contributed by atoms with E-state index < -0.39 is 12.8 Å². The van der Waals surface area contributed by atoms with Crippen molar-refractivity contribution in [3.8, 4) is 11.5 Å². The highest BCUT2D eigenvalue weighted by molar-refractivity contribution is 6.04. The lowest BCUT2D eigenvalue weighted by Crippen LogP contribution is -2.19. The van der Waals surface area contributed by atoms with Crippen molar-refractivity contribution in [2.24, 2.45) is 0 Å². The van der Waals surface area contributed by atoms with Crippen LogP contribution in [-0.4, -0.2) is 28.1 Å². The molecule has 0 spiro atoms. The van der Waals surface area contributed by atoms with E-state index in [2.05, 4.69) is 15.0 Å². The first-order chi connectivity index (χ1) is 15.8. The molecule has 4 rings (SSSR count). The van der Waals surface area contributed by atoms with Gasteiger partial charge in [-0.2, -0.15) is 13.2 Å². The Morgan fingerprint density at radius 1 is 1.00 bits per heavy atom. The molecule has 2 heterocycles. The molecular formula is C24H20F3N3O3. The molecule has 33 heavy (non-hydrogen) atoms. The van der Waals surface area contributed by atoms with Gasteiger partial charge in [0.05, 0.1) is 5.69 Å². The first kappa shape index (κ1) is 22.2. The first-order valence-corrected chi connectivity index (χ1v) is 10.0. The molecule has 0 bridgehead atoms. The zero-order valence-corrected chi connectivity index (χ0v) is 17.6. The Bertz CT molecular complexity index is 1250. The minimum atomic E-state index is -4.41. The van der Waals surface area contributed by atoms with Gasteiger partial charge in [-0.1, -0.05) is 6.07 Å². The molecule has 0 aliphatic carbocycles. The predicted octanol–water partition coefficient (Wildman–Crippen LogP) is 5.42. The zero-order chi connectivity index (χ0) is 23.4. The van der Waals surface area contributed by atoms with Crippen LogP contribution in [0.4, 0.5) is 18.9 Å². The van der Waals surface area contributed by atoms with E-state index in [1.807, 2.05) is 35.9 Å². The number of carbonyl (C=O) groups is 1. The molecule has 0 saturated carbocycles. The average Bonchev–Trinajstić information content (AvgIpc) is 3.22. The van der Waals surface area contributed by atoms with Gasteiger partial charge in [-0.15, -0.1) is 0 Å². The SMILES string of the molecule is Cc1cccn2cc(COc3ccc(C(=O)Nc4ccc(OCC(F)(F)F)cc4)cc3)nc12. The number of amides is 1. The fraction of sp³-hybridized carbons (Fsp3) is 0.167. The maximum atomic E-state index is 12.4. The van der Waals surface area contributed by atoms with Gasteiger partial charge in [0.25, 0.3) is 5.91 Å². The average molecular weight is 455 g/mol. The topological polar surface area (TPSA) is 64.9 Å². The fourth-order valence-electron chi connectivity index (χ4n) is 3.14. The summed E-state index contributed by atoms with van der Waals surface area (Å²) in [5.41, 5.74) is 3.57. The van der Waals surface area contributed by atoms with Crippen LogP contribution < -0.4 is 14.8 Å². The van der Waals surface area contributed by atoms with Crippen molar-refractivity contribution >= 4 is 17.2 Å². The van der Waals surface area contributed by atoms with Gasteiger partial charge in [0.15, 0.2) is 6.61 Å². The normalized spacial score (nSPS) is 11.4. The summed E-state index contributed by atoms with van der Waals surface area (Å²) in [5.74, 6) is 0.292. The van der Waals surface area contributed by atoms with Crippen molar-refractivity contribution in [3.63, 3.8) is 0 Å². The summed E-state index contributed by atoms with van der Waals surface area (Å²) in [6.07, 6.45) is -0.576. The Morgan fingerprint density at radius 2 is 1.67 bits per heavy atom. The second-order valence-corrected chi connectivity index (χ2v) is 7.35. The van der Waals surface area contributed by atoms with Crippen LogP contribution >= 0.6 is 0 Å². The molecule has 2 aromatic heterocycles. The molecule has 4 aromatic rings. The Labute approximate surface area is 187 Å². The van der Waals surface area contributed by atoms with Gasteiger partial charge >= 0.3 is 6.18 Å². The number of anilines is 1. The van der Waals surface area contributed by atoms with Crippen LogP contribution in [0.1, 0.15) is 21.6 Å². The van der Waals surface area contributed by atoms with E-state index in [0.29, 0.717) is 17.0 Å². The summed E-state index contributed by atoms with van der Waals surface area (Å²) in [7, 11) is 0. The molecular weight excluding hydrogens is 435 g/mol. The third kappa shape index (κ3) is 5.82. The summed E-state index contributed by atoms with van der Waals surface area (Å²) in [6.45, 7) is 0.909. The number of alkyl halides is 3. The molecule has 1 amide bonds. The number of halogens is 3. The number of imidazole rings is 1. The van der Waals surface area contributed by atoms with E-state index in [4.69, 9.17) is 4.74 Å². The highest BCUT2D eigenvalue weighted by atomic mass is 19.4. The van der Waals surface area contributed by atoms with Gasteiger partial charge in [0.1, 0.15) is 23.8 Å². The Kier molecular flexibility index (Phi) is 6.21. The molecule has 9 heteroatoms. The van der Waals surface area contributed by atoms with Crippen molar-refractivity contribution in [1.29, 1.82) is 0 Å². The molecule has 0 aliphatic rings. The molecule has 1 N–H and O–H groups in total. The summed E-state index contributed by atoms with van der Waals surface area (Å²) in [6, 6.07) is 16.2. The standard InChI is InChI=1S/C24H20F3N3O3/c1-16-3-2-12-30-13-19(28-22(16)30)14-32-20-8-4-17(5-9-20)23(31)29-18-6-10-21(11-7-18)33-15-24(25,26)27/h2-13H,14-15H2,1H3,(H,29,31). The minimum Gasteiger partial charge on any atom is -0.487 e. The van der Waals surface area contributed by atoms with Crippen LogP contribution in [0, 0.1) is 6.92 Å². The Hall–Kier alpha value is -4.01. The van der Waals surface area contributed by atoms with E-state index in [1.54, 1.807) is 24.3 Å². The number of pyridine rings is 1. The van der Waals surface area contributed by atoms with E-state index in [-0.39, 0.29) is 18.3 Å². The second-order valence-electron chi connectivity index (χ2n) is 7.35. The Morgan fingerprint density at radius 3 is 2.33 bits per heavy atom. The number of fused-ring (bicyclic) bond motifs is 1. The van der Waals surface area contributed by atoms with E-state index in [0.717, 1.165) is 16.9 Å². The van der Waals surface area contributed by atoms with E-state index in [9.17, 15) is 18.0 Å². The molecule has 2 aromatic carbocycles. The molecule has 0 radical (unpaired) electrons. The van der Waals surface area contributed by atoms with Gasteiger partial charge in [0.2, 0.25) is 0 Å². The maximum absolute atomic E-state index is 12.4. The lowest BCUT2D eigenvalue weighted by atomic mass is 10.2. The quantitative estimate of drug-likeness (QED) is 0.405. The van der Waals surface area contributed by atoms with Crippen molar-refractivity contribution in [2.45, 2.75) is 19.7 Å². The summed E-state index contributed by atoms with van der Waals surface area (Å²) in [4.78, 5) is 17.0. The summed E-state index contributed by atoms with van der Waals surface area (Å²) < 4.78 is 49.0. The number of hydrogen-bond donors (Lipinski definition) is 1. The number of carbonyl (C=O) groups excluding carboxylic acids is 1. The summed E-state index contributed by atoms with van der Waals surface area (Å²) >= 11 is 0. The molecule has 0 aliphatic heterocycles. The number of nitrogens with one attached hydrogen (secondary N) is 1. The number of nitrogens with zero attached hydrogens (tertiary/aromatic N) is 2. The monoisotopic (exact) mass is 455 g/mol. The number of rotatable bonds is 7. The third-order valence-corrected chi connectivity index (χ3v) is 4.75. The molecule has 170 valence electrons. The zero-order valence-electron chi connectivity index (χ0n) is 17.6. The van der Waals surface area contributed by atoms with E-state index >= 15 is 0 Å². The molecule has 6 nitrogen and oxygen atoms in total. The molecule has 0 atom stereocenters. The number of hydrogen-bond acceptors (Lipinski definition) is 4.